The number of methoxy groups -OCH3 is 3. The Bertz CT molecular complexity index is 1780. The van der Waals surface area contributed by atoms with Crippen LogP contribution in [0, 0.1) is 11.8 Å². The van der Waals surface area contributed by atoms with Crippen molar-refractivity contribution < 1.29 is 44.1 Å². The summed E-state index contributed by atoms with van der Waals surface area (Å²) in [5.41, 5.74) is 5.29. The summed E-state index contributed by atoms with van der Waals surface area (Å²) in [6.45, 7) is 1.25. The first-order valence-electron chi connectivity index (χ1n) is 16.6. The molecular formula is C39H45NO9. The number of hydrogen-bond donors (Lipinski definition) is 5. The minimum Gasteiger partial charge on any atom is -0.508 e. The van der Waals surface area contributed by atoms with Gasteiger partial charge in [0.2, 0.25) is 0 Å². The van der Waals surface area contributed by atoms with Gasteiger partial charge in [-0.15, -0.1) is 0 Å². The van der Waals surface area contributed by atoms with Crippen molar-refractivity contribution in [2.24, 2.45) is 11.8 Å². The van der Waals surface area contributed by atoms with Crippen LogP contribution in [-0.2, 0) is 17.7 Å². The van der Waals surface area contributed by atoms with E-state index in [1.54, 1.807) is 57.7 Å². The van der Waals surface area contributed by atoms with Gasteiger partial charge in [0.05, 0.1) is 33.0 Å². The lowest BCUT2D eigenvalue weighted by atomic mass is 9.72. The summed E-state index contributed by atoms with van der Waals surface area (Å²) in [5, 5.41) is 47.9. The van der Waals surface area contributed by atoms with Gasteiger partial charge in [0.1, 0.15) is 40.6 Å². The number of aliphatic hydroxyl groups excluding tert-OH is 2. The van der Waals surface area contributed by atoms with Crippen LogP contribution < -0.4 is 24.3 Å². The van der Waals surface area contributed by atoms with Gasteiger partial charge in [0.15, 0.2) is 0 Å². The Balaban J connectivity index is 1.37. The lowest BCUT2D eigenvalue weighted by molar-refractivity contribution is -0.0889. The number of aliphatic hydroxyl groups is 2. The van der Waals surface area contributed by atoms with E-state index < -0.39 is 30.1 Å². The van der Waals surface area contributed by atoms with Crippen LogP contribution in [0.25, 0.3) is 11.1 Å². The summed E-state index contributed by atoms with van der Waals surface area (Å²) < 4.78 is 29.8. The number of nitrogens with one attached hydrogen (secondary N) is 1. The molecule has 2 aliphatic rings. The van der Waals surface area contributed by atoms with E-state index in [4.69, 9.17) is 23.7 Å². The maximum atomic E-state index is 12.1. The van der Waals surface area contributed by atoms with Crippen molar-refractivity contribution in [3.63, 3.8) is 0 Å². The second kappa shape index (κ2) is 15.0. The Morgan fingerprint density at radius 1 is 0.837 bits per heavy atom. The van der Waals surface area contributed by atoms with Gasteiger partial charge in [-0.2, -0.15) is 0 Å². The quantitative estimate of drug-likeness (QED) is 0.120. The number of fused-ring (bicyclic) bond motifs is 2. The van der Waals surface area contributed by atoms with E-state index in [2.05, 4.69) is 5.32 Å². The molecule has 4 aromatic rings. The van der Waals surface area contributed by atoms with Gasteiger partial charge in [-0.05, 0) is 85.1 Å². The number of phenols is 2. The van der Waals surface area contributed by atoms with Crippen LogP contribution >= 0.6 is 0 Å². The standard InChI is InChI=1S/C39H45NO9/c1-40-20-25-17-35-30(19-34(25)47-4)38(44)36(33(49-35)9-6-12-45-2)32-21-48-39-24(16-28(46-3)18-31(39)37(32)43)13-23-15-27(42)10-11-29(23)22-7-5-8-26(41)14-22/h5,7-8,10-11,14-19,32-33,36-38,40-44H,6,9,12-13,20-21H2,1-4H3/t32-,33+,36+,37+,38-/m0/s1. The van der Waals surface area contributed by atoms with Crippen LogP contribution in [0.5, 0.6) is 34.5 Å². The Hall–Kier alpha value is -4.48. The Morgan fingerprint density at radius 2 is 1.65 bits per heavy atom. The van der Waals surface area contributed by atoms with Crippen molar-refractivity contribution >= 4 is 0 Å². The summed E-state index contributed by atoms with van der Waals surface area (Å²) in [7, 11) is 6.69. The molecule has 0 bridgehead atoms. The summed E-state index contributed by atoms with van der Waals surface area (Å²) in [5.74, 6) is 1.54. The highest BCUT2D eigenvalue weighted by molar-refractivity contribution is 5.70. The zero-order chi connectivity index (χ0) is 34.7. The fourth-order valence-corrected chi connectivity index (χ4v) is 7.35. The van der Waals surface area contributed by atoms with Crippen molar-refractivity contribution in [3.05, 3.63) is 94.5 Å². The SMILES string of the molecule is CNCc1cc2c(cc1OC)[C@H](O)[C@H]([C@@H]1COc3c(Cc4cc(O)ccc4-c4cccc(O)c4)cc(OC)cc3[C@H]1O)[C@@H](CCCOC)O2. The minimum absolute atomic E-state index is 0.109. The molecule has 0 saturated carbocycles. The third-order valence-corrected chi connectivity index (χ3v) is 9.68. The number of aromatic hydroxyl groups is 2. The predicted octanol–water partition coefficient (Wildman–Crippen LogP) is 5.67. The predicted molar refractivity (Wildman–Crippen MR) is 185 cm³/mol. The highest BCUT2D eigenvalue weighted by Gasteiger charge is 2.47. The van der Waals surface area contributed by atoms with Gasteiger partial charge >= 0.3 is 0 Å². The number of hydrogen-bond acceptors (Lipinski definition) is 10. The molecule has 10 nitrogen and oxygen atoms in total. The van der Waals surface area contributed by atoms with E-state index in [0.29, 0.717) is 66.5 Å². The number of phenolic OH excluding ortho intramolecular Hbond substituents is 2. The Labute approximate surface area is 286 Å². The highest BCUT2D eigenvalue weighted by Crippen LogP contribution is 2.51. The maximum Gasteiger partial charge on any atom is 0.128 e. The van der Waals surface area contributed by atoms with Crippen LogP contribution in [0.2, 0.25) is 0 Å². The van der Waals surface area contributed by atoms with Crippen LogP contribution in [0.3, 0.4) is 0 Å². The summed E-state index contributed by atoms with van der Waals surface area (Å²) >= 11 is 0. The monoisotopic (exact) mass is 671 g/mol. The zero-order valence-corrected chi connectivity index (χ0v) is 28.3. The van der Waals surface area contributed by atoms with Crippen molar-refractivity contribution in [3.8, 4) is 45.6 Å². The maximum absolute atomic E-state index is 12.1. The van der Waals surface area contributed by atoms with Gasteiger partial charge in [-0.25, -0.2) is 0 Å². The van der Waals surface area contributed by atoms with E-state index in [1.807, 2.05) is 37.4 Å². The van der Waals surface area contributed by atoms with Crippen LogP contribution in [0.15, 0.2) is 66.7 Å². The molecular weight excluding hydrogens is 626 g/mol. The number of ether oxygens (including phenoxy) is 5. The average Bonchev–Trinajstić information content (AvgIpc) is 3.09. The molecule has 0 saturated heterocycles. The molecule has 4 aromatic carbocycles. The number of rotatable bonds is 12. The second-order valence-corrected chi connectivity index (χ2v) is 12.7. The Kier molecular flexibility index (Phi) is 10.5. The second-order valence-electron chi connectivity index (χ2n) is 12.7. The van der Waals surface area contributed by atoms with E-state index >= 15 is 0 Å². The fourth-order valence-electron chi connectivity index (χ4n) is 7.35. The van der Waals surface area contributed by atoms with Gasteiger partial charge in [-0.3, -0.25) is 0 Å². The van der Waals surface area contributed by atoms with Crippen molar-refractivity contribution in [2.75, 3.05) is 41.6 Å². The molecule has 5 N–H and O–H groups in total. The highest BCUT2D eigenvalue weighted by atomic mass is 16.5. The molecule has 0 radical (unpaired) electrons. The molecule has 2 heterocycles. The first-order valence-corrected chi connectivity index (χ1v) is 16.6. The van der Waals surface area contributed by atoms with Crippen LogP contribution in [0.1, 0.15) is 52.9 Å². The first-order chi connectivity index (χ1) is 23.8. The third-order valence-electron chi connectivity index (χ3n) is 9.68. The van der Waals surface area contributed by atoms with Crippen molar-refractivity contribution in [1.29, 1.82) is 0 Å². The lowest BCUT2D eigenvalue weighted by Gasteiger charge is -2.45. The summed E-state index contributed by atoms with van der Waals surface area (Å²) in [6, 6.07) is 19.5. The molecule has 260 valence electrons. The minimum atomic E-state index is -1.01. The average molecular weight is 672 g/mol. The summed E-state index contributed by atoms with van der Waals surface area (Å²) in [6.07, 6.45) is -0.707. The van der Waals surface area contributed by atoms with Gasteiger partial charge in [-0.1, -0.05) is 18.2 Å². The lowest BCUT2D eigenvalue weighted by Crippen LogP contribution is -2.46. The molecule has 0 aromatic heterocycles. The molecule has 49 heavy (non-hydrogen) atoms. The van der Waals surface area contributed by atoms with E-state index in [9.17, 15) is 20.4 Å². The first kappa shape index (κ1) is 34.4. The van der Waals surface area contributed by atoms with Crippen molar-refractivity contribution in [1.82, 2.24) is 5.32 Å². The fraction of sp³-hybridized carbons (Fsp3) is 0.385. The van der Waals surface area contributed by atoms with Crippen LogP contribution in [-0.4, -0.2) is 68.1 Å². The Morgan fingerprint density at radius 3 is 2.39 bits per heavy atom. The molecule has 0 spiro atoms. The molecule has 6 rings (SSSR count). The largest absolute Gasteiger partial charge is 0.508 e. The smallest absolute Gasteiger partial charge is 0.128 e. The normalized spacial score (nSPS) is 21.2. The summed E-state index contributed by atoms with van der Waals surface area (Å²) in [4.78, 5) is 0. The molecule has 0 fully saturated rings. The van der Waals surface area contributed by atoms with Gasteiger partial charge < -0.3 is 49.4 Å². The van der Waals surface area contributed by atoms with Crippen LogP contribution in [0.4, 0.5) is 0 Å². The molecule has 2 aliphatic heterocycles. The molecule has 0 unspecified atom stereocenters. The molecule has 0 amide bonds. The van der Waals surface area contributed by atoms with E-state index in [0.717, 1.165) is 27.8 Å². The molecule has 5 atom stereocenters. The number of benzene rings is 4. The van der Waals surface area contributed by atoms with Gasteiger partial charge in [0, 0.05) is 60.8 Å². The third kappa shape index (κ3) is 7.00. The van der Waals surface area contributed by atoms with E-state index in [-0.39, 0.29) is 18.1 Å². The topological polar surface area (TPSA) is 139 Å². The van der Waals surface area contributed by atoms with Crippen molar-refractivity contribution in [2.45, 2.75) is 44.1 Å². The molecule has 0 aliphatic carbocycles. The van der Waals surface area contributed by atoms with E-state index in [1.165, 1.54) is 0 Å². The molecule has 10 heteroatoms. The van der Waals surface area contributed by atoms with Gasteiger partial charge in [0.25, 0.3) is 0 Å². The zero-order valence-electron chi connectivity index (χ0n) is 28.3.